The molecular formula is C52H75N5O10. The summed E-state index contributed by atoms with van der Waals surface area (Å²) >= 11 is 0. The van der Waals surface area contributed by atoms with Gasteiger partial charge in [0.05, 0.1) is 46.1 Å². The number of carboxylic acids is 1. The van der Waals surface area contributed by atoms with Gasteiger partial charge in [0.15, 0.2) is 0 Å². The minimum Gasteiger partial charge on any atom is -0.497 e. The van der Waals surface area contributed by atoms with Crippen LogP contribution in [0.5, 0.6) is 23.0 Å². The van der Waals surface area contributed by atoms with Gasteiger partial charge in [-0.15, -0.1) is 0 Å². The summed E-state index contributed by atoms with van der Waals surface area (Å²) in [5, 5.41) is 11.7. The Labute approximate surface area is 398 Å². The number of hydrogen-bond donors (Lipinski definition) is 3. The van der Waals surface area contributed by atoms with Crippen LogP contribution in [0.2, 0.25) is 0 Å². The van der Waals surface area contributed by atoms with E-state index >= 15 is 0 Å². The van der Waals surface area contributed by atoms with Gasteiger partial charge >= 0.3 is 5.97 Å². The highest BCUT2D eigenvalue weighted by Crippen LogP contribution is 2.36. The number of benzene rings is 4. The number of hydrogen-bond acceptors (Lipinski definition) is 11. The Morgan fingerprint density at radius 1 is 0.821 bits per heavy atom. The second-order valence-electron chi connectivity index (χ2n) is 14.6. The highest BCUT2D eigenvalue weighted by Gasteiger charge is 2.34. The van der Waals surface area contributed by atoms with Gasteiger partial charge < -0.3 is 54.6 Å². The molecule has 368 valence electrons. The van der Waals surface area contributed by atoms with E-state index in [4.69, 9.17) is 29.8 Å². The molecule has 0 bridgehead atoms. The van der Waals surface area contributed by atoms with E-state index in [9.17, 15) is 24.0 Å². The second kappa shape index (κ2) is 33.9. The largest absolute Gasteiger partial charge is 0.497 e. The number of nitrogens with zero attached hydrogens (tertiary/aromatic N) is 3. The number of nitrogens with two attached hydrogens (primary N) is 1. The van der Waals surface area contributed by atoms with Crippen molar-refractivity contribution in [3.8, 4) is 23.0 Å². The SMILES string of the molecule is CC.CC.CCc1ccc(CNC)cc1.COc1cc(OCCCC=O)cc(OC)c1CN(C(=O)c1ccccc1)C1CCN(C(=O)CCN)C1.COc1cccc(C(=O)N(C)CC(=O)O)c1. The first-order valence-corrected chi connectivity index (χ1v) is 22.9. The molecule has 5 rings (SSSR count). The molecule has 3 amide bonds. The standard InChI is InChI=1S/C27H35N3O6.C11H13NO4.C10H15N.2C2H6/c1-34-24-16-22(36-15-7-6-14-31)17-25(35-2)23(24)19-30(27(33)20-8-4-3-5-9-20)21-11-13-29(18-21)26(32)10-12-28;1-12(7-10(13)14)11(15)8-4-3-5-9(6-8)16-2;1-3-9-4-6-10(7-5-9)8-11-2;2*1-2/h3-5,8-9,14,16-17,21H,6-7,10-13,15,18-19,28H2,1-2H3;3-6H,7H2,1-2H3,(H,13,14);4-7,11H,3,8H2,1-2H3;2*1-2H3. The van der Waals surface area contributed by atoms with Crippen LogP contribution in [0, 0.1) is 0 Å². The molecule has 4 aromatic rings. The van der Waals surface area contributed by atoms with E-state index in [1.54, 1.807) is 72.6 Å². The van der Waals surface area contributed by atoms with Gasteiger partial charge in [-0.1, -0.05) is 83.1 Å². The number of methoxy groups -OCH3 is 3. The van der Waals surface area contributed by atoms with Gasteiger partial charge in [-0.25, -0.2) is 0 Å². The Balaban J connectivity index is 0.000000592. The lowest BCUT2D eigenvalue weighted by molar-refractivity contribution is -0.137. The van der Waals surface area contributed by atoms with E-state index in [-0.39, 0.29) is 43.3 Å². The zero-order chi connectivity index (χ0) is 50.1. The molecule has 1 unspecified atom stereocenters. The van der Waals surface area contributed by atoms with Crippen molar-refractivity contribution < 1.29 is 48.0 Å². The number of ether oxygens (including phenoxy) is 4. The Kier molecular flexibility index (Phi) is 29.7. The first-order chi connectivity index (χ1) is 32.4. The zero-order valence-corrected chi connectivity index (χ0v) is 41.3. The van der Waals surface area contributed by atoms with Crippen LogP contribution in [0.25, 0.3) is 0 Å². The van der Waals surface area contributed by atoms with Gasteiger partial charge in [0.25, 0.3) is 11.8 Å². The van der Waals surface area contributed by atoms with E-state index in [1.807, 2.05) is 52.9 Å². The number of carboxylic acid groups (broad SMARTS) is 1. The maximum absolute atomic E-state index is 13.7. The van der Waals surface area contributed by atoms with Crippen LogP contribution in [0.1, 0.15) is 97.7 Å². The number of likely N-dealkylation sites (tertiary alicyclic amines) is 1. The average Bonchev–Trinajstić information content (AvgIpc) is 3.86. The molecule has 15 nitrogen and oxygen atoms in total. The molecule has 4 aromatic carbocycles. The maximum atomic E-state index is 13.7. The Morgan fingerprint density at radius 3 is 1.97 bits per heavy atom. The quantitative estimate of drug-likeness (QED) is 0.0585. The summed E-state index contributed by atoms with van der Waals surface area (Å²) < 4.78 is 22.1. The molecule has 1 aliphatic heterocycles. The van der Waals surface area contributed by atoms with Crippen molar-refractivity contribution in [2.24, 2.45) is 5.73 Å². The molecule has 15 heteroatoms. The molecule has 0 saturated carbocycles. The van der Waals surface area contributed by atoms with E-state index in [0.29, 0.717) is 85.2 Å². The van der Waals surface area contributed by atoms with Gasteiger partial charge in [-0.3, -0.25) is 19.2 Å². The second-order valence-corrected chi connectivity index (χ2v) is 14.6. The van der Waals surface area contributed by atoms with E-state index in [1.165, 1.54) is 25.3 Å². The van der Waals surface area contributed by atoms with Crippen LogP contribution in [0.4, 0.5) is 0 Å². The molecule has 0 spiro atoms. The number of aliphatic carboxylic acids is 1. The molecule has 1 heterocycles. The van der Waals surface area contributed by atoms with Crippen molar-refractivity contribution in [1.29, 1.82) is 0 Å². The molecule has 1 fully saturated rings. The molecule has 0 radical (unpaired) electrons. The molecule has 1 aliphatic rings. The molecule has 1 atom stereocenters. The van der Waals surface area contributed by atoms with Crippen molar-refractivity contribution in [1.82, 2.24) is 20.0 Å². The first-order valence-electron chi connectivity index (χ1n) is 22.9. The predicted molar refractivity (Wildman–Crippen MR) is 264 cm³/mol. The Morgan fingerprint density at radius 2 is 1.43 bits per heavy atom. The summed E-state index contributed by atoms with van der Waals surface area (Å²) in [6.07, 6.45) is 3.97. The van der Waals surface area contributed by atoms with E-state index < -0.39 is 5.97 Å². The molecule has 0 aromatic heterocycles. The van der Waals surface area contributed by atoms with Crippen LogP contribution < -0.4 is 30.0 Å². The molecule has 0 aliphatic carbocycles. The lowest BCUT2D eigenvalue weighted by Gasteiger charge is -2.31. The summed E-state index contributed by atoms with van der Waals surface area (Å²) in [5.41, 5.74) is 10.0. The highest BCUT2D eigenvalue weighted by molar-refractivity contribution is 5.96. The van der Waals surface area contributed by atoms with Crippen LogP contribution >= 0.6 is 0 Å². The van der Waals surface area contributed by atoms with Gasteiger partial charge in [-0.2, -0.15) is 0 Å². The number of aldehydes is 1. The third kappa shape index (κ3) is 20.3. The smallest absolute Gasteiger partial charge is 0.323 e. The molecule has 4 N–H and O–H groups in total. The fourth-order valence-electron chi connectivity index (χ4n) is 6.69. The number of amides is 3. The van der Waals surface area contributed by atoms with Crippen molar-refractivity contribution in [2.45, 2.75) is 85.9 Å². The van der Waals surface area contributed by atoms with Crippen LogP contribution in [0.15, 0.2) is 91.0 Å². The van der Waals surface area contributed by atoms with Crippen molar-refractivity contribution in [2.75, 3.05) is 68.2 Å². The Bertz CT molecular complexity index is 2020. The predicted octanol–water partition coefficient (Wildman–Crippen LogP) is 7.53. The van der Waals surface area contributed by atoms with Gasteiger partial charge in [0.2, 0.25) is 5.91 Å². The van der Waals surface area contributed by atoms with Crippen molar-refractivity contribution >= 4 is 30.0 Å². The fourth-order valence-corrected chi connectivity index (χ4v) is 6.69. The summed E-state index contributed by atoms with van der Waals surface area (Å²) in [5.74, 6) is 0.651. The zero-order valence-electron chi connectivity index (χ0n) is 41.3. The molecular weight excluding hydrogens is 855 g/mol. The third-order valence-electron chi connectivity index (χ3n) is 10.1. The topological polar surface area (TPSA) is 190 Å². The van der Waals surface area contributed by atoms with Gasteiger partial charge in [0.1, 0.15) is 35.8 Å². The number of unbranched alkanes of at least 4 members (excludes halogenated alkanes) is 1. The number of carbonyl (C=O) groups is 5. The van der Waals surface area contributed by atoms with Crippen molar-refractivity contribution in [3.05, 3.63) is 119 Å². The number of nitrogens with one attached hydrogen (secondary N) is 1. The average molecular weight is 930 g/mol. The maximum Gasteiger partial charge on any atom is 0.323 e. The Hall–Kier alpha value is -6.45. The van der Waals surface area contributed by atoms with Crippen LogP contribution in [-0.4, -0.2) is 124 Å². The van der Waals surface area contributed by atoms with E-state index in [0.717, 1.165) is 24.2 Å². The summed E-state index contributed by atoms with van der Waals surface area (Å²) in [6, 6.07) is 27.7. The number of carbonyl (C=O) groups excluding carboxylic acids is 4. The fraction of sp³-hybridized carbons (Fsp3) is 0.442. The lowest BCUT2D eigenvalue weighted by atomic mass is 10.1. The number of likely N-dealkylation sites (N-methyl/N-ethyl adjacent to an activating group) is 1. The lowest BCUT2D eigenvalue weighted by Crippen LogP contribution is -2.42. The number of rotatable bonds is 20. The van der Waals surface area contributed by atoms with Crippen LogP contribution in [-0.2, 0) is 33.9 Å². The van der Waals surface area contributed by atoms with Crippen LogP contribution in [0.3, 0.4) is 0 Å². The normalized spacial score (nSPS) is 12.1. The minimum absolute atomic E-state index is 0.00153. The highest BCUT2D eigenvalue weighted by atomic mass is 16.5. The molecule has 67 heavy (non-hydrogen) atoms. The summed E-state index contributed by atoms with van der Waals surface area (Å²) in [4.78, 5) is 63.6. The first kappa shape index (κ1) is 58.6. The summed E-state index contributed by atoms with van der Waals surface area (Å²) in [7, 11) is 8.02. The monoisotopic (exact) mass is 930 g/mol. The minimum atomic E-state index is -1.04. The van der Waals surface area contributed by atoms with Gasteiger partial charge in [0, 0.05) is 69.3 Å². The summed E-state index contributed by atoms with van der Waals surface area (Å²) in [6.45, 7) is 12.7. The third-order valence-corrected chi connectivity index (χ3v) is 10.1. The molecule has 1 saturated heterocycles. The van der Waals surface area contributed by atoms with Gasteiger partial charge in [-0.05, 0) is 67.8 Å². The van der Waals surface area contributed by atoms with E-state index in [2.05, 4.69) is 36.5 Å². The number of aryl methyl sites for hydroxylation is 1. The van der Waals surface area contributed by atoms with Crippen molar-refractivity contribution in [3.63, 3.8) is 0 Å².